The quantitative estimate of drug-likeness (QED) is 0.870. The fourth-order valence-electron chi connectivity index (χ4n) is 1.60. The fourth-order valence-corrected chi connectivity index (χ4v) is 2.71. The zero-order valence-electron chi connectivity index (χ0n) is 11.1. The van der Waals surface area contributed by atoms with Gasteiger partial charge in [0.05, 0.1) is 19.8 Å². The highest BCUT2D eigenvalue weighted by Gasteiger charge is 2.19. The molecule has 1 aromatic carbocycles. The van der Waals surface area contributed by atoms with Gasteiger partial charge in [-0.25, -0.2) is 9.78 Å². The molecule has 0 saturated heterocycles. The summed E-state index contributed by atoms with van der Waals surface area (Å²) < 4.78 is 9.82. The Morgan fingerprint density at radius 2 is 2.24 bits per heavy atom. The molecule has 8 heteroatoms. The van der Waals surface area contributed by atoms with Crippen LogP contribution in [0.15, 0.2) is 18.2 Å². The molecule has 108 valence electrons. The van der Waals surface area contributed by atoms with Gasteiger partial charge in [0.1, 0.15) is 17.5 Å². The van der Waals surface area contributed by atoms with Gasteiger partial charge in [0, 0.05) is 0 Å². The number of para-hydroxylation sites is 1. The lowest BCUT2D eigenvalue weighted by Crippen LogP contribution is -1.98. The first kappa shape index (κ1) is 15.1. The van der Waals surface area contributed by atoms with Gasteiger partial charge in [0.25, 0.3) is 0 Å². The predicted molar refractivity (Wildman–Crippen MR) is 79.5 cm³/mol. The molecule has 1 heterocycles. The Morgan fingerprint density at radius 1 is 1.48 bits per heavy atom. The van der Waals surface area contributed by atoms with E-state index >= 15 is 0 Å². The van der Waals surface area contributed by atoms with Crippen molar-refractivity contribution in [3.05, 3.63) is 33.8 Å². The molecule has 0 saturated carbocycles. The van der Waals surface area contributed by atoms with Crippen molar-refractivity contribution in [3.63, 3.8) is 0 Å². The lowest BCUT2D eigenvalue weighted by atomic mass is 10.2. The average Bonchev–Trinajstić information content (AvgIpc) is 2.87. The van der Waals surface area contributed by atoms with Crippen molar-refractivity contribution in [2.45, 2.75) is 0 Å². The number of carbonyl (C=O) groups excluding carboxylic acids is 1. The molecule has 0 bridgehead atoms. The van der Waals surface area contributed by atoms with Gasteiger partial charge in [0.15, 0.2) is 15.2 Å². The molecule has 0 fully saturated rings. The summed E-state index contributed by atoms with van der Waals surface area (Å²) in [6.45, 7) is 0. The van der Waals surface area contributed by atoms with Gasteiger partial charge in [-0.3, -0.25) is 0 Å². The molecule has 0 aliphatic rings. The molecule has 1 aromatic heterocycles. The summed E-state index contributed by atoms with van der Waals surface area (Å²) >= 11 is 6.93. The summed E-state index contributed by atoms with van der Waals surface area (Å²) in [5, 5.41) is 12.5. The smallest absolute Gasteiger partial charge is 0.351 e. The number of hydrogen-bond acceptors (Lipinski definition) is 7. The highest BCUT2D eigenvalue weighted by molar-refractivity contribution is 7.18. The molecule has 1 N–H and O–H groups in total. The van der Waals surface area contributed by atoms with Crippen LogP contribution >= 0.6 is 22.9 Å². The maximum atomic E-state index is 11.5. The Bertz CT molecular complexity index is 724. The number of carbonyl (C=O) groups is 1. The van der Waals surface area contributed by atoms with E-state index in [-0.39, 0.29) is 10.0 Å². The van der Waals surface area contributed by atoms with Gasteiger partial charge in [-0.2, -0.15) is 5.26 Å². The van der Waals surface area contributed by atoms with Crippen molar-refractivity contribution in [2.75, 3.05) is 19.5 Å². The van der Waals surface area contributed by atoms with Gasteiger partial charge in [0.2, 0.25) is 0 Å². The van der Waals surface area contributed by atoms with Crippen molar-refractivity contribution in [1.82, 2.24) is 4.98 Å². The number of thiazole rings is 1. The second kappa shape index (κ2) is 6.43. The van der Waals surface area contributed by atoms with Crippen molar-refractivity contribution in [1.29, 1.82) is 5.26 Å². The first-order valence-electron chi connectivity index (χ1n) is 5.69. The number of methoxy groups -OCH3 is 2. The van der Waals surface area contributed by atoms with E-state index in [2.05, 4.69) is 21.1 Å². The third-order valence-electron chi connectivity index (χ3n) is 2.56. The molecule has 0 amide bonds. The summed E-state index contributed by atoms with van der Waals surface area (Å²) in [6, 6.07) is 7.11. The second-order valence-corrected chi connectivity index (χ2v) is 5.11. The molecular weight excluding hydrogens is 314 g/mol. The molecule has 0 unspecified atom stereocenters. The minimum Gasteiger partial charge on any atom is -0.495 e. The van der Waals surface area contributed by atoms with Crippen LogP contribution < -0.4 is 10.1 Å². The summed E-state index contributed by atoms with van der Waals surface area (Å²) in [5.74, 6) is -0.0777. The molecule has 2 rings (SSSR count). The highest BCUT2D eigenvalue weighted by atomic mass is 35.5. The minimum absolute atomic E-state index is 0.0442. The number of anilines is 2. The largest absolute Gasteiger partial charge is 0.495 e. The molecule has 0 spiro atoms. The summed E-state index contributed by atoms with van der Waals surface area (Å²) in [4.78, 5) is 15.7. The van der Waals surface area contributed by atoms with E-state index in [0.29, 0.717) is 22.1 Å². The van der Waals surface area contributed by atoms with E-state index in [4.69, 9.17) is 21.6 Å². The van der Waals surface area contributed by atoms with Gasteiger partial charge in [-0.1, -0.05) is 29.0 Å². The van der Waals surface area contributed by atoms with E-state index in [9.17, 15) is 4.79 Å². The summed E-state index contributed by atoms with van der Waals surface area (Å²) in [5.41, 5.74) is 0.852. The Kier molecular flexibility index (Phi) is 4.62. The van der Waals surface area contributed by atoms with Crippen molar-refractivity contribution in [2.24, 2.45) is 0 Å². The number of rotatable bonds is 4. The Balaban J connectivity index is 2.39. The number of ether oxygens (including phenoxy) is 2. The van der Waals surface area contributed by atoms with Crippen LogP contribution in [-0.2, 0) is 4.74 Å². The summed E-state index contributed by atoms with van der Waals surface area (Å²) in [7, 11) is 2.76. The van der Waals surface area contributed by atoms with E-state index in [1.165, 1.54) is 14.2 Å². The minimum atomic E-state index is -0.564. The third-order valence-corrected chi connectivity index (χ3v) is 3.89. The monoisotopic (exact) mass is 323 g/mol. The van der Waals surface area contributed by atoms with Crippen LogP contribution in [0, 0.1) is 11.3 Å². The number of aromatic nitrogens is 1. The third kappa shape index (κ3) is 3.07. The van der Waals surface area contributed by atoms with Crippen LogP contribution in [0.5, 0.6) is 5.75 Å². The molecule has 2 aromatic rings. The number of nitrogens with zero attached hydrogens (tertiary/aromatic N) is 2. The Morgan fingerprint density at radius 3 is 2.86 bits per heavy atom. The van der Waals surface area contributed by atoms with E-state index in [1.807, 2.05) is 0 Å². The number of halogens is 1. The molecular formula is C13H10ClN3O3S. The number of nitriles is 1. The molecule has 6 nitrogen and oxygen atoms in total. The highest BCUT2D eigenvalue weighted by Crippen LogP contribution is 2.34. The lowest BCUT2D eigenvalue weighted by Gasteiger charge is -2.10. The maximum Gasteiger partial charge on any atom is 0.351 e. The predicted octanol–water partition coefficient (Wildman–Crippen LogP) is 3.21. The normalized spacial score (nSPS) is 9.81. The van der Waals surface area contributed by atoms with Gasteiger partial charge in [-0.05, 0) is 12.1 Å². The first-order valence-corrected chi connectivity index (χ1v) is 6.89. The van der Waals surface area contributed by atoms with Gasteiger partial charge < -0.3 is 14.8 Å². The van der Waals surface area contributed by atoms with E-state index < -0.39 is 5.97 Å². The Hall–Kier alpha value is -2.30. The van der Waals surface area contributed by atoms with Gasteiger partial charge in [-0.15, -0.1) is 0 Å². The maximum absolute atomic E-state index is 11.5. The summed E-state index contributed by atoms with van der Waals surface area (Å²) in [6.07, 6.45) is 0. The first-order chi connectivity index (χ1) is 10.1. The van der Waals surface area contributed by atoms with Crippen LogP contribution in [0.2, 0.25) is 5.15 Å². The van der Waals surface area contributed by atoms with Crippen LogP contribution in [0.1, 0.15) is 15.2 Å². The van der Waals surface area contributed by atoms with Crippen LogP contribution in [-0.4, -0.2) is 25.2 Å². The van der Waals surface area contributed by atoms with Crippen molar-refractivity contribution in [3.8, 4) is 11.8 Å². The van der Waals surface area contributed by atoms with Crippen LogP contribution in [0.4, 0.5) is 10.8 Å². The number of esters is 1. The van der Waals surface area contributed by atoms with E-state index in [1.54, 1.807) is 18.2 Å². The molecule has 0 atom stereocenters. The standard InChI is InChI=1S/C13H10ClN3O3S/c1-19-8-5-3-4-7(6-15)9(8)16-13-17-11(14)10(21-13)12(18)20-2/h3-5H,1-2H3,(H,16,17). The van der Waals surface area contributed by atoms with Crippen LogP contribution in [0.3, 0.4) is 0 Å². The topological polar surface area (TPSA) is 84.2 Å². The SMILES string of the molecule is COC(=O)c1sc(Nc2c(C#N)cccc2OC)nc1Cl. The van der Waals surface area contributed by atoms with E-state index in [0.717, 1.165) is 11.3 Å². The molecule has 21 heavy (non-hydrogen) atoms. The van der Waals surface area contributed by atoms with Crippen molar-refractivity contribution >= 4 is 39.7 Å². The average molecular weight is 324 g/mol. The lowest BCUT2D eigenvalue weighted by molar-refractivity contribution is 0.0606. The Labute approximate surface area is 129 Å². The molecule has 0 aliphatic carbocycles. The fraction of sp³-hybridized carbons (Fsp3) is 0.154. The number of nitrogens with one attached hydrogen (secondary N) is 1. The second-order valence-electron chi connectivity index (χ2n) is 3.75. The number of benzene rings is 1. The van der Waals surface area contributed by atoms with Crippen molar-refractivity contribution < 1.29 is 14.3 Å². The number of hydrogen-bond donors (Lipinski definition) is 1. The van der Waals surface area contributed by atoms with Crippen LogP contribution in [0.25, 0.3) is 0 Å². The molecule has 0 radical (unpaired) electrons. The zero-order valence-corrected chi connectivity index (χ0v) is 12.7. The van der Waals surface area contributed by atoms with Gasteiger partial charge >= 0.3 is 5.97 Å². The molecule has 0 aliphatic heterocycles. The zero-order chi connectivity index (χ0) is 15.4.